The maximum Gasteiger partial charge on any atom is 0.128 e. The number of halogens is 1. The van der Waals surface area contributed by atoms with Gasteiger partial charge in [-0.3, -0.25) is 4.68 Å². The zero-order valence-corrected chi connectivity index (χ0v) is 11.5. The Morgan fingerprint density at radius 3 is 2.48 bits per heavy atom. The molecule has 0 aliphatic carbocycles. The van der Waals surface area contributed by atoms with Crippen LogP contribution in [0.2, 0.25) is 0 Å². The molecule has 2 aromatic carbocycles. The Bertz CT molecular complexity index is 708. The minimum absolute atomic E-state index is 0.186. The number of anilines is 1. The molecule has 0 spiro atoms. The van der Waals surface area contributed by atoms with Gasteiger partial charge in [-0.1, -0.05) is 36.4 Å². The van der Waals surface area contributed by atoms with Gasteiger partial charge in [-0.2, -0.15) is 5.10 Å². The standard InChI is InChI=1S/C17H16FN3/c18-16-8-3-1-6-14(16)12-19-17-9-4-2-7-15(17)13-21-11-5-10-20-21/h1-11,19H,12-13H2. The summed E-state index contributed by atoms with van der Waals surface area (Å²) in [7, 11) is 0. The molecular formula is C17H16FN3. The summed E-state index contributed by atoms with van der Waals surface area (Å²) in [6, 6.07) is 16.7. The first-order valence-electron chi connectivity index (χ1n) is 6.85. The number of hydrogen-bond donors (Lipinski definition) is 1. The third-order valence-corrected chi connectivity index (χ3v) is 3.34. The molecule has 1 N–H and O–H groups in total. The van der Waals surface area contributed by atoms with Crippen molar-refractivity contribution in [1.29, 1.82) is 0 Å². The predicted octanol–water partition coefficient (Wildman–Crippen LogP) is 3.68. The minimum Gasteiger partial charge on any atom is -0.381 e. The van der Waals surface area contributed by atoms with Crippen LogP contribution in [0.3, 0.4) is 0 Å². The Hall–Kier alpha value is -2.62. The summed E-state index contributed by atoms with van der Waals surface area (Å²) in [5, 5.41) is 7.52. The lowest BCUT2D eigenvalue weighted by Crippen LogP contribution is -2.07. The summed E-state index contributed by atoms with van der Waals surface area (Å²) >= 11 is 0. The molecule has 0 atom stereocenters. The molecule has 1 heterocycles. The quantitative estimate of drug-likeness (QED) is 0.773. The first-order valence-corrected chi connectivity index (χ1v) is 6.85. The molecule has 0 fully saturated rings. The number of para-hydroxylation sites is 1. The van der Waals surface area contributed by atoms with Crippen molar-refractivity contribution in [2.75, 3.05) is 5.32 Å². The number of rotatable bonds is 5. The second-order valence-electron chi connectivity index (χ2n) is 4.81. The van der Waals surface area contributed by atoms with Crippen LogP contribution >= 0.6 is 0 Å². The highest BCUT2D eigenvalue weighted by molar-refractivity contribution is 5.51. The van der Waals surface area contributed by atoms with Crippen molar-refractivity contribution in [2.45, 2.75) is 13.1 Å². The lowest BCUT2D eigenvalue weighted by atomic mass is 10.1. The summed E-state index contributed by atoms with van der Waals surface area (Å²) in [6.07, 6.45) is 3.68. The van der Waals surface area contributed by atoms with E-state index in [1.54, 1.807) is 18.3 Å². The molecule has 0 aliphatic heterocycles. The van der Waals surface area contributed by atoms with Crippen molar-refractivity contribution in [3.8, 4) is 0 Å². The van der Waals surface area contributed by atoms with Gasteiger partial charge in [0.15, 0.2) is 0 Å². The van der Waals surface area contributed by atoms with Crippen LogP contribution in [-0.4, -0.2) is 9.78 Å². The second-order valence-corrected chi connectivity index (χ2v) is 4.81. The first kappa shape index (κ1) is 13.4. The topological polar surface area (TPSA) is 29.9 Å². The third-order valence-electron chi connectivity index (χ3n) is 3.34. The summed E-state index contributed by atoms with van der Waals surface area (Å²) in [4.78, 5) is 0. The fourth-order valence-corrected chi connectivity index (χ4v) is 2.23. The van der Waals surface area contributed by atoms with E-state index in [2.05, 4.69) is 10.4 Å². The average molecular weight is 281 g/mol. The molecule has 0 unspecified atom stereocenters. The van der Waals surface area contributed by atoms with E-state index in [-0.39, 0.29) is 5.82 Å². The van der Waals surface area contributed by atoms with E-state index in [0.717, 1.165) is 11.3 Å². The molecule has 1 aromatic heterocycles. The van der Waals surface area contributed by atoms with Gasteiger partial charge in [-0.25, -0.2) is 4.39 Å². The number of benzene rings is 2. The lowest BCUT2D eigenvalue weighted by Gasteiger charge is -2.12. The molecule has 4 heteroatoms. The van der Waals surface area contributed by atoms with Gasteiger partial charge in [0.05, 0.1) is 6.54 Å². The largest absolute Gasteiger partial charge is 0.381 e. The Balaban J connectivity index is 1.75. The van der Waals surface area contributed by atoms with E-state index >= 15 is 0 Å². The molecule has 0 radical (unpaired) electrons. The maximum absolute atomic E-state index is 13.6. The van der Waals surface area contributed by atoms with Crippen LogP contribution in [-0.2, 0) is 13.1 Å². The number of nitrogens with zero attached hydrogens (tertiary/aromatic N) is 2. The van der Waals surface area contributed by atoms with E-state index < -0.39 is 0 Å². The Labute approximate surface area is 123 Å². The van der Waals surface area contributed by atoms with E-state index in [1.165, 1.54) is 6.07 Å². The lowest BCUT2D eigenvalue weighted by molar-refractivity contribution is 0.613. The molecule has 3 nitrogen and oxygen atoms in total. The highest BCUT2D eigenvalue weighted by Gasteiger charge is 2.04. The smallest absolute Gasteiger partial charge is 0.128 e. The molecule has 0 bridgehead atoms. The highest BCUT2D eigenvalue weighted by atomic mass is 19.1. The molecule has 0 amide bonds. The van der Waals surface area contributed by atoms with Crippen LogP contribution in [0.4, 0.5) is 10.1 Å². The maximum atomic E-state index is 13.6. The third kappa shape index (κ3) is 3.28. The minimum atomic E-state index is -0.186. The van der Waals surface area contributed by atoms with Gasteiger partial charge in [-0.05, 0) is 23.8 Å². The summed E-state index contributed by atoms with van der Waals surface area (Å²) < 4.78 is 15.5. The van der Waals surface area contributed by atoms with Gasteiger partial charge < -0.3 is 5.32 Å². The average Bonchev–Trinajstić information content (AvgIpc) is 3.01. The second kappa shape index (κ2) is 6.22. The molecule has 3 aromatic rings. The first-order chi connectivity index (χ1) is 10.3. The van der Waals surface area contributed by atoms with E-state index in [4.69, 9.17) is 0 Å². The van der Waals surface area contributed by atoms with Crippen LogP contribution in [0.15, 0.2) is 67.0 Å². The Morgan fingerprint density at radius 1 is 0.952 bits per heavy atom. The van der Waals surface area contributed by atoms with Gasteiger partial charge >= 0.3 is 0 Å². The van der Waals surface area contributed by atoms with Crippen LogP contribution in [0.1, 0.15) is 11.1 Å². The van der Waals surface area contributed by atoms with Crippen molar-refractivity contribution in [3.05, 3.63) is 83.9 Å². The van der Waals surface area contributed by atoms with Crippen molar-refractivity contribution in [1.82, 2.24) is 9.78 Å². The fourth-order valence-electron chi connectivity index (χ4n) is 2.23. The van der Waals surface area contributed by atoms with Gasteiger partial charge in [0.2, 0.25) is 0 Å². The van der Waals surface area contributed by atoms with E-state index in [1.807, 2.05) is 47.3 Å². The zero-order chi connectivity index (χ0) is 14.5. The molecule has 106 valence electrons. The van der Waals surface area contributed by atoms with Gasteiger partial charge in [0, 0.05) is 30.2 Å². The van der Waals surface area contributed by atoms with Crippen LogP contribution in [0.5, 0.6) is 0 Å². The zero-order valence-electron chi connectivity index (χ0n) is 11.5. The van der Waals surface area contributed by atoms with E-state index in [9.17, 15) is 4.39 Å². The van der Waals surface area contributed by atoms with Crippen LogP contribution in [0, 0.1) is 5.82 Å². The summed E-state index contributed by atoms with van der Waals surface area (Å²) in [5.74, 6) is -0.186. The van der Waals surface area contributed by atoms with Crippen molar-refractivity contribution < 1.29 is 4.39 Å². The Kier molecular flexibility index (Phi) is 3.96. The van der Waals surface area contributed by atoms with Gasteiger partial charge in [0.1, 0.15) is 5.82 Å². The molecule has 0 saturated carbocycles. The van der Waals surface area contributed by atoms with E-state index in [0.29, 0.717) is 18.7 Å². The molecule has 21 heavy (non-hydrogen) atoms. The summed E-state index contributed by atoms with van der Waals surface area (Å²) in [5.41, 5.74) is 2.78. The highest BCUT2D eigenvalue weighted by Crippen LogP contribution is 2.18. The fraction of sp³-hybridized carbons (Fsp3) is 0.118. The number of hydrogen-bond acceptors (Lipinski definition) is 2. The molecular weight excluding hydrogens is 265 g/mol. The predicted molar refractivity (Wildman–Crippen MR) is 81.5 cm³/mol. The Morgan fingerprint density at radius 2 is 1.71 bits per heavy atom. The molecule has 0 aliphatic rings. The molecule has 0 saturated heterocycles. The monoisotopic (exact) mass is 281 g/mol. The van der Waals surface area contributed by atoms with Crippen molar-refractivity contribution in [3.63, 3.8) is 0 Å². The van der Waals surface area contributed by atoms with Crippen molar-refractivity contribution in [2.24, 2.45) is 0 Å². The molecule has 3 rings (SSSR count). The van der Waals surface area contributed by atoms with Gasteiger partial charge in [-0.15, -0.1) is 0 Å². The van der Waals surface area contributed by atoms with Crippen LogP contribution in [0.25, 0.3) is 0 Å². The number of nitrogens with one attached hydrogen (secondary N) is 1. The van der Waals surface area contributed by atoms with Crippen LogP contribution < -0.4 is 5.32 Å². The van der Waals surface area contributed by atoms with Crippen molar-refractivity contribution >= 4 is 5.69 Å². The normalized spacial score (nSPS) is 10.5. The SMILES string of the molecule is Fc1ccccc1CNc1ccccc1Cn1cccn1. The summed E-state index contributed by atoms with van der Waals surface area (Å²) in [6.45, 7) is 1.15. The van der Waals surface area contributed by atoms with Gasteiger partial charge in [0.25, 0.3) is 0 Å². The number of aromatic nitrogens is 2.